The largest absolute Gasteiger partial charge is 0.480 e. The fourth-order valence-electron chi connectivity index (χ4n) is 9.39. The minimum atomic E-state index is -1.30. The average Bonchev–Trinajstić information content (AvgIpc) is 4.11. The number of imide groups is 1. The van der Waals surface area contributed by atoms with E-state index in [-0.39, 0.29) is 74.4 Å². The third-order valence-corrected chi connectivity index (χ3v) is 13.5. The van der Waals surface area contributed by atoms with E-state index in [1.54, 1.807) is 10.8 Å². The highest BCUT2D eigenvalue weighted by molar-refractivity contribution is 6.12. The number of carboxylic acids is 1. The molecule has 2 heterocycles. The topological polar surface area (TPSA) is 305 Å². The zero-order valence-corrected chi connectivity index (χ0v) is 44.0. The fourth-order valence-corrected chi connectivity index (χ4v) is 9.39. The second-order valence-corrected chi connectivity index (χ2v) is 20.5. The number of carbonyl (C=O) groups is 9. The van der Waals surface area contributed by atoms with Crippen LogP contribution in [0.2, 0.25) is 0 Å². The first-order chi connectivity index (χ1) is 36.6. The number of halogens is 2. The maximum atomic E-state index is 15.2. The van der Waals surface area contributed by atoms with E-state index >= 15 is 4.39 Å². The van der Waals surface area contributed by atoms with Gasteiger partial charge in [-0.05, 0) is 87.5 Å². The Morgan fingerprint density at radius 1 is 0.870 bits per heavy atom. The number of aliphatic carboxylic acids is 1. The van der Waals surface area contributed by atoms with Gasteiger partial charge in [-0.25, -0.2) is 18.6 Å². The molecule has 3 aromatic rings. The number of nitrogens with one attached hydrogen (secondary N) is 5. The molecule has 9 N–H and O–H groups in total. The van der Waals surface area contributed by atoms with Crippen LogP contribution in [0.4, 0.5) is 8.78 Å². The zero-order chi connectivity index (χ0) is 56.4. The summed E-state index contributed by atoms with van der Waals surface area (Å²) < 4.78 is 31.3. The van der Waals surface area contributed by atoms with Crippen LogP contribution in [0, 0.1) is 23.0 Å². The second kappa shape index (κ2) is 28.7. The lowest BCUT2D eigenvalue weighted by atomic mass is 9.84. The lowest BCUT2D eigenvalue weighted by Crippen LogP contribution is -2.51. The number of aliphatic hydroxyl groups excluding tert-OH is 1. The highest BCUT2D eigenvalue weighted by Crippen LogP contribution is 2.40. The second-order valence-electron chi connectivity index (χ2n) is 20.5. The number of nitrogens with two attached hydrogens (primary N) is 1. The molecule has 418 valence electrons. The molecule has 6 atom stereocenters. The van der Waals surface area contributed by atoms with Gasteiger partial charge in [-0.15, -0.1) is 0 Å². The molecule has 1 aliphatic heterocycles. The SMILES string of the molecule is C[C@H](NC(=O)CNC(=O)CCCCCN1C(=O)C=CC1=O)C(=O)N[C@@H](CCCCNC(=O)[C@H]1CCC[C@H]1NC(=O)[C@@H](N)CCN(C(=O)CO)[C@@H](c1nc(-c2cc(F)ccc2F)cn1Cc1ccccc1)C(C)(C)C)C(=O)O. The van der Waals surface area contributed by atoms with Crippen molar-refractivity contribution < 1.29 is 62.1 Å². The lowest BCUT2D eigenvalue weighted by molar-refractivity contribution is -0.142. The quantitative estimate of drug-likeness (QED) is 0.0367. The van der Waals surface area contributed by atoms with Gasteiger partial charge in [0, 0.05) is 62.6 Å². The number of benzene rings is 2. The van der Waals surface area contributed by atoms with Gasteiger partial charge in [-0.1, -0.05) is 63.9 Å². The molecule has 0 bridgehead atoms. The van der Waals surface area contributed by atoms with Crippen LogP contribution >= 0.6 is 0 Å². The number of nitrogens with zero attached hydrogens (tertiary/aromatic N) is 4. The Kier molecular flexibility index (Phi) is 22.5. The molecule has 1 fully saturated rings. The molecule has 0 spiro atoms. The van der Waals surface area contributed by atoms with E-state index in [1.165, 1.54) is 24.0 Å². The van der Waals surface area contributed by atoms with Crippen molar-refractivity contribution in [3.63, 3.8) is 0 Å². The summed E-state index contributed by atoms with van der Waals surface area (Å²) in [5.41, 5.74) is 6.61. The van der Waals surface area contributed by atoms with Crippen LogP contribution in [-0.2, 0) is 49.7 Å². The Labute approximate surface area is 446 Å². The van der Waals surface area contributed by atoms with Crippen LogP contribution in [0.3, 0.4) is 0 Å². The predicted molar refractivity (Wildman–Crippen MR) is 277 cm³/mol. The van der Waals surface area contributed by atoms with E-state index in [9.17, 15) is 57.8 Å². The van der Waals surface area contributed by atoms with Crippen LogP contribution in [-0.4, -0.2) is 140 Å². The van der Waals surface area contributed by atoms with Crippen molar-refractivity contribution in [2.75, 3.05) is 32.8 Å². The van der Waals surface area contributed by atoms with Gasteiger partial charge in [-0.2, -0.15) is 0 Å². The summed E-state index contributed by atoms with van der Waals surface area (Å²) in [5.74, 6) is -7.04. The number of unbranched alkanes of at least 4 members (excludes halogenated alkanes) is 3. The maximum Gasteiger partial charge on any atom is 0.326 e. The van der Waals surface area contributed by atoms with Crippen molar-refractivity contribution in [2.24, 2.45) is 17.1 Å². The number of hydrogen-bond donors (Lipinski definition) is 8. The third kappa shape index (κ3) is 17.8. The van der Waals surface area contributed by atoms with Gasteiger partial charge in [0.1, 0.15) is 36.1 Å². The minimum Gasteiger partial charge on any atom is -0.480 e. The molecule has 5 rings (SSSR count). The van der Waals surface area contributed by atoms with Crippen LogP contribution in [0.15, 0.2) is 66.9 Å². The van der Waals surface area contributed by atoms with Crippen molar-refractivity contribution in [1.82, 2.24) is 45.9 Å². The third-order valence-electron chi connectivity index (χ3n) is 13.5. The van der Waals surface area contributed by atoms with Gasteiger partial charge in [0.25, 0.3) is 11.8 Å². The number of hydrogen-bond acceptors (Lipinski definition) is 12. The molecule has 2 aromatic carbocycles. The molecule has 0 saturated heterocycles. The monoisotopic (exact) mass is 1070 g/mol. The van der Waals surface area contributed by atoms with Gasteiger partial charge in [-0.3, -0.25) is 43.3 Å². The molecule has 1 aliphatic carbocycles. The Morgan fingerprint density at radius 2 is 1.58 bits per heavy atom. The first-order valence-corrected chi connectivity index (χ1v) is 26.0. The Hall–Kier alpha value is -7.40. The van der Waals surface area contributed by atoms with E-state index in [1.807, 2.05) is 51.1 Å². The Bertz CT molecular complexity index is 2610. The van der Waals surface area contributed by atoms with Crippen molar-refractivity contribution in [3.05, 3.63) is 89.9 Å². The number of aromatic nitrogens is 2. The summed E-state index contributed by atoms with van der Waals surface area (Å²) in [6, 6.07) is 7.42. The fraction of sp³-hybridized carbons (Fsp3) is 0.519. The van der Waals surface area contributed by atoms with Gasteiger partial charge >= 0.3 is 5.97 Å². The zero-order valence-electron chi connectivity index (χ0n) is 44.0. The number of imidazole rings is 1. The van der Waals surface area contributed by atoms with E-state index in [0.717, 1.165) is 28.7 Å². The molecular weight excluding hydrogens is 1000 g/mol. The summed E-state index contributed by atoms with van der Waals surface area (Å²) in [7, 11) is 0. The predicted octanol–water partition coefficient (Wildman–Crippen LogP) is 2.75. The number of rotatable bonds is 29. The van der Waals surface area contributed by atoms with Gasteiger partial charge in [0.15, 0.2) is 0 Å². The van der Waals surface area contributed by atoms with Crippen LogP contribution < -0.4 is 32.3 Å². The van der Waals surface area contributed by atoms with Crippen molar-refractivity contribution in [1.29, 1.82) is 0 Å². The van der Waals surface area contributed by atoms with Gasteiger partial charge in [0.2, 0.25) is 35.4 Å². The highest BCUT2D eigenvalue weighted by atomic mass is 19.1. The maximum absolute atomic E-state index is 15.2. The molecule has 77 heavy (non-hydrogen) atoms. The normalized spacial score (nSPS) is 16.8. The summed E-state index contributed by atoms with van der Waals surface area (Å²) in [5, 5.41) is 33.1. The van der Waals surface area contributed by atoms with Crippen LogP contribution in [0.25, 0.3) is 11.3 Å². The van der Waals surface area contributed by atoms with Crippen molar-refractivity contribution >= 4 is 53.2 Å². The molecule has 1 saturated carbocycles. The molecule has 21 nitrogen and oxygen atoms in total. The first kappa shape index (κ1) is 60.5. The summed E-state index contributed by atoms with van der Waals surface area (Å²) in [4.78, 5) is 121. The van der Waals surface area contributed by atoms with Crippen molar-refractivity contribution in [3.8, 4) is 11.3 Å². The molecule has 1 aromatic heterocycles. The Morgan fingerprint density at radius 3 is 2.26 bits per heavy atom. The van der Waals surface area contributed by atoms with Gasteiger partial charge in [0.05, 0.1) is 30.2 Å². The summed E-state index contributed by atoms with van der Waals surface area (Å²) in [6.45, 7) is 6.25. The molecule has 0 unspecified atom stereocenters. The minimum absolute atomic E-state index is 0.0138. The average molecular weight is 1080 g/mol. The number of amides is 8. The van der Waals surface area contributed by atoms with E-state index in [4.69, 9.17) is 10.7 Å². The molecule has 0 radical (unpaired) electrons. The Balaban J connectivity index is 1.07. The van der Waals surface area contributed by atoms with E-state index < -0.39 is 102 Å². The van der Waals surface area contributed by atoms with Crippen molar-refractivity contribution in [2.45, 2.75) is 135 Å². The highest BCUT2D eigenvalue weighted by Gasteiger charge is 2.40. The first-order valence-electron chi connectivity index (χ1n) is 26.0. The smallest absolute Gasteiger partial charge is 0.326 e. The number of carboxylic acid groups (broad SMARTS) is 1. The standard InChI is InChI=1S/C54H72F2N10O11/c1-33(60-44(69)29-59-43(68)19-9-6-12-26-65-45(70)22-23-46(65)71)50(73)63-41(53(76)77)17-10-11-25-58-51(74)36-16-13-18-40(36)62-52(75)39(57)24-27-66(47(72)32-67)48(54(2,3)4)49-61-42(37-28-35(55)20-21-38(37)56)31-64(49)30-34-14-7-5-8-15-34/h5,7-8,14-15,20-23,28,31,33,36,39-41,48,67H,6,9-13,16-19,24-27,29-30,32,57H2,1-4H3,(H,58,74)(H,59,68)(H,60,69)(H,62,75)(H,63,73)(H,76,77)/t33-,36-,39-,40+,41-,48-/m0/s1. The number of aliphatic hydroxyl groups is 1. The lowest BCUT2D eigenvalue weighted by Gasteiger charge is -2.40. The number of carbonyl (C=O) groups excluding carboxylic acids is 8. The van der Waals surface area contributed by atoms with E-state index in [0.29, 0.717) is 57.2 Å². The molecule has 8 amide bonds. The molecule has 2 aliphatic rings. The summed E-state index contributed by atoms with van der Waals surface area (Å²) >= 11 is 0. The van der Waals surface area contributed by atoms with E-state index in [2.05, 4.69) is 26.6 Å². The molecular formula is C54H72F2N10O11. The van der Waals surface area contributed by atoms with Crippen LogP contribution in [0.5, 0.6) is 0 Å². The van der Waals surface area contributed by atoms with Gasteiger partial charge < -0.3 is 52.0 Å². The summed E-state index contributed by atoms with van der Waals surface area (Å²) in [6.07, 6.45) is 7.87. The van der Waals surface area contributed by atoms with Crippen LogP contribution in [0.1, 0.15) is 116 Å². The molecule has 23 heteroatoms.